The molecule has 3 aromatic rings. The number of benzene rings is 1. The summed E-state index contributed by atoms with van der Waals surface area (Å²) >= 11 is 3.39. The van der Waals surface area contributed by atoms with Crippen LogP contribution in [0.5, 0.6) is 0 Å². The summed E-state index contributed by atoms with van der Waals surface area (Å²) in [6.45, 7) is 1.01. The van der Waals surface area contributed by atoms with Gasteiger partial charge in [0, 0.05) is 37.4 Å². The van der Waals surface area contributed by atoms with E-state index in [1.807, 2.05) is 24.3 Å². The lowest BCUT2D eigenvalue weighted by Crippen LogP contribution is -2.49. The molecule has 0 unspecified atom stereocenters. The van der Waals surface area contributed by atoms with E-state index >= 15 is 0 Å². The van der Waals surface area contributed by atoms with Crippen LogP contribution in [0.4, 0.5) is 18.9 Å². The van der Waals surface area contributed by atoms with Crippen molar-refractivity contribution in [3.05, 3.63) is 41.4 Å². The average Bonchev–Trinajstić information content (AvgIpc) is 3.12. The lowest BCUT2D eigenvalue weighted by atomic mass is 10.1. The molecular weight excluding hydrogens is 425 g/mol. The molecule has 0 atom stereocenters. The molecule has 142 valence electrons. The van der Waals surface area contributed by atoms with Crippen molar-refractivity contribution in [3.8, 4) is 11.3 Å². The number of halogens is 4. The topological polar surface area (TPSA) is 49.6 Å². The fourth-order valence-corrected chi connectivity index (χ4v) is 3.62. The highest BCUT2D eigenvalue weighted by Gasteiger charge is 2.32. The van der Waals surface area contributed by atoms with Gasteiger partial charge < -0.3 is 4.90 Å². The van der Waals surface area contributed by atoms with E-state index < -0.39 is 12.7 Å². The van der Waals surface area contributed by atoms with Crippen molar-refractivity contribution < 1.29 is 13.2 Å². The van der Waals surface area contributed by atoms with Crippen molar-refractivity contribution in [2.45, 2.75) is 6.18 Å². The van der Waals surface area contributed by atoms with Crippen LogP contribution in [0.2, 0.25) is 0 Å². The molecule has 0 N–H and O–H groups in total. The van der Waals surface area contributed by atoms with Crippen molar-refractivity contribution in [2.24, 2.45) is 0 Å². The fraction of sp³-hybridized carbons (Fsp3) is 0.353. The van der Waals surface area contributed by atoms with Gasteiger partial charge in [-0.1, -0.05) is 12.1 Å². The summed E-state index contributed by atoms with van der Waals surface area (Å²) in [6, 6.07) is 7.81. The summed E-state index contributed by atoms with van der Waals surface area (Å²) < 4.78 is 40.0. The van der Waals surface area contributed by atoms with Crippen LogP contribution in [0.15, 0.2) is 41.4 Å². The first-order chi connectivity index (χ1) is 12.9. The van der Waals surface area contributed by atoms with Crippen LogP contribution in [-0.2, 0) is 0 Å². The smallest absolute Gasteiger partial charge is 0.369 e. The first kappa shape index (κ1) is 18.2. The quantitative estimate of drug-likeness (QED) is 0.625. The molecule has 0 bridgehead atoms. The van der Waals surface area contributed by atoms with Crippen molar-refractivity contribution >= 4 is 27.3 Å². The van der Waals surface area contributed by atoms with Crippen molar-refractivity contribution in [1.29, 1.82) is 0 Å². The van der Waals surface area contributed by atoms with Crippen LogP contribution < -0.4 is 4.90 Å². The number of hydrogen-bond acceptors (Lipinski definition) is 5. The van der Waals surface area contributed by atoms with Gasteiger partial charge in [-0.15, -0.1) is 0 Å². The summed E-state index contributed by atoms with van der Waals surface area (Å²) in [4.78, 5) is 12.3. The second-order valence-corrected chi connectivity index (χ2v) is 7.17. The number of rotatable bonds is 3. The molecular formula is C17H16BrF3N6. The van der Waals surface area contributed by atoms with Crippen molar-refractivity contribution in [2.75, 3.05) is 37.6 Å². The van der Waals surface area contributed by atoms with Gasteiger partial charge >= 0.3 is 6.18 Å². The van der Waals surface area contributed by atoms with Gasteiger partial charge in [-0.25, -0.2) is 14.5 Å². The summed E-state index contributed by atoms with van der Waals surface area (Å²) in [7, 11) is 0. The maximum atomic E-state index is 12.6. The van der Waals surface area contributed by atoms with Crippen LogP contribution >= 0.6 is 15.9 Å². The first-order valence-electron chi connectivity index (χ1n) is 8.39. The molecule has 4 rings (SSSR count). The molecule has 0 saturated carbocycles. The van der Waals surface area contributed by atoms with E-state index in [2.05, 4.69) is 35.9 Å². The van der Waals surface area contributed by atoms with Crippen LogP contribution in [0.3, 0.4) is 0 Å². The molecule has 0 spiro atoms. The monoisotopic (exact) mass is 440 g/mol. The van der Waals surface area contributed by atoms with Crippen LogP contribution in [0.25, 0.3) is 16.9 Å². The van der Waals surface area contributed by atoms with E-state index in [0.29, 0.717) is 42.1 Å². The van der Waals surface area contributed by atoms with Crippen molar-refractivity contribution in [1.82, 2.24) is 24.5 Å². The maximum Gasteiger partial charge on any atom is 0.401 e. The largest absolute Gasteiger partial charge is 0.401 e. The highest BCUT2D eigenvalue weighted by Crippen LogP contribution is 2.28. The van der Waals surface area contributed by atoms with Gasteiger partial charge in [-0.2, -0.15) is 18.3 Å². The number of nitrogens with zero attached hydrogens (tertiary/aromatic N) is 6. The van der Waals surface area contributed by atoms with E-state index in [1.54, 1.807) is 10.7 Å². The Hall–Kier alpha value is -2.20. The summed E-state index contributed by atoms with van der Waals surface area (Å²) in [5.41, 5.74) is 3.18. The number of hydrogen-bond donors (Lipinski definition) is 0. The predicted octanol–water partition coefficient (Wildman–Crippen LogP) is 3.24. The highest BCUT2D eigenvalue weighted by atomic mass is 79.9. The summed E-state index contributed by atoms with van der Waals surface area (Å²) in [6.07, 6.45) is -1.02. The number of anilines is 1. The second kappa shape index (κ2) is 7.08. The number of fused-ring (bicyclic) bond motifs is 1. The molecule has 1 aliphatic heterocycles. The highest BCUT2D eigenvalue weighted by molar-refractivity contribution is 9.10. The third-order valence-electron chi connectivity index (χ3n) is 4.52. The number of piperazine rings is 1. The normalized spacial score (nSPS) is 16.2. The van der Waals surface area contributed by atoms with Gasteiger partial charge in [-0.05, 0) is 28.1 Å². The fourth-order valence-electron chi connectivity index (χ4n) is 3.26. The van der Waals surface area contributed by atoms with Gasteiger partial charge in [-0.3, -0.25) is 4.90 Å². The van der Waals surface area contributed by atoms with Crippen LogP contribution in [0.1, 0.15) is 0 Å². The first-order valence-corrected chi connectivity index (χ1v) is 9.19. The van der Waals surface area contributed by atoms with Gasteiger partial charge in [0.2, 0.25) is 0 Å². The molecule has 2 aromatic heterocycles. The maximum absolute atomic E-state index is 12.6. The van der Waals surface area contributed by atoms with Crippen molar-refractivity contribution in [3.63, 3.8) is 0 Å². The summed E-state index contributed by atoms with van der Waals surface area (Å²) in [5.74, 6) is 0. The zero-order valence-electron chi connectivity index (χ0n) is 14.2. The summed E-state index contributed by atoms with van der Waals surface area (Å²) in [5, 5.41) is 4.17. The zero-order valence-corrected chi connectivity index (χ0v) is 15.8. The molecule has 1 saturated heterocycles. The Bertz CT molecular complexity index is 949. The van der Waals surface area contributed by atoms with Gasteiger partial charge in [0.25, 0.3) is 0 Å². The molecule has 0 radical (unpaired) electrons. The molecule has 10 heteroatoms. The molecule has 27 heavy (non-hydrogen) atoms. The molecule has 6 nitrogen and oxygen atoms in total. The van der Waals surface area contributed by atoms with Crippen LogP contribution in [0, 0.1) is 0 Å². The lowest BCUT2D eigenvalue weighted by molar-refractivity contribution is -0.146. The van der Waals surface area contributed by atoms with Gasteiger partial charge in [0.05, 0.1) is 12.7 Å². The Morgan fingerprint density at radius 2 is 1.85 bits per heavy atom. The SMILES string of the molecule is FC(F)(F)CN1CCN(c2cccc(-c3ncc(Br)n4ncnc34)c2)CC1. The minimum atomic E-state index is -4.15. The number of alkyl halides is 3. The van der Waals surface area contributed by atoms with E-state index in [1.165, 1.54) is 11.2 Å². The molecule has 0 aliphatic carbocycles. The Kier molecular flexibility index (Phi) is 4.77. The Morgan fingerprint density at radius 1 is 1.07 bits per heavy atom. The molecule has 1 fully saturated rings. The van der Waals surface area contributed by atoms with Gasteiger partial charge in [0.1, 0.15) is 16.6 Å². The molecule has 1 aliphatic rings. The Morgan fingerprint density at radius 3 is 2.59 bits per heavy atom. The minimum absolute atomic E-state index is 0.384. The third kappa shape index (κ3) is 3.91. The minimum Gasteiger partial charge on any atom is -0.369 e. The average molecular weight is 441 g/mol. The Balaban J connectivity index is 1.55. The van der Waals surface area contributed by atoms with Crippen LogP contribution in [-0.4, -0.2) is 63.4 Å². The van der Waals surface area contributed by atoms with E-state index in [-0.39, 0.29) is 0 Å². The van der Waals surface area contributed by atoms with E-state index in [4.69, 9.17) is 0 Å². The second-order valence-electron chi connectivity index (χ2n) is 6.35. The zero-order chi connectivity index (χ0) is 19.0. The molecule has 1 aromatic carbocycles. The van der Waals surface area contributed by atoms with E-state index in [9.17, 15) is 13.2 Å². The Labute approximate surface area is 161 Å². The number of aromatic nitrogens is 4. The molecule has 0 amide bonds. The lowest BCUT2D eigenvalue weighted by Gasteiger charge is -2.36. The van der Waals surface area contributed by atoms with Gasteiger partial charge in [0.15, 0.2) is 5.65 Å². The standard InChI is InChI=1S/C17H16BrF3N6/c18-14-9-22-15(16-23-11-24-27(14)16)12-2-1-3-13(8-12)26-6-4-25(5-7-26)10-17(19,20)21/h1-3,8-9,11H,4-7,10H2. The predicted molar refractivity (Wildman–Crippen MR) is 98.6 cm³/mol. The van der Waals surface area contributed by atoms with E-state index in [0.717, 1.165) is 11.3 Å². The molecule has 3 heterocycles. The third-order valence-corrected chi connectivity index (χ3v) is 5.06.